The van der Waals surface area contributed by atoms with E-state index in [4.69, 9.17) is 0 Å². The van der Waals surface area contributed by atoms with E-state index in [1.165, 1.54) is 6.07 Å². The third-order valence-corrected chi connectivity index (χ3v) is 2.35. The molecule has 0 heterocycles. The van der Waals surface area contributed by atoms with E-state index in [0.29, 0.717) is 12.1 Å². The van der Waals surface area contributed by atoms with E-state index in [1.807, 2.05) is 12.1 Å². The predicted molar refractivity (Wildman–Crippen MR) is 60.6 cm³/mol. The van der Waals surface area contributed by atoms with Crippen molar-refractivity contribution in [1.82, 2.24) is 5.32 Å². The Labute approximate surface area is 92.1 Å². The Hall–Kier alpha value is -0.670. The maximum absolute atomic E-state index is 13.3. The number of hydrogen-bond acceptors (Lipinski definition) is 1. The summed E-state index contributed by atoms with van der Waals surface area (Å²) >= 11 is 3.22. The standard InChI is InChI=1S/C11H13BrFN/c1-2-3-6-14-8-9-4-5-10(12)7-11(9)13/h2,4-5,7,14H,1,3,6,8H2. The van der Waals surface area contributed by atoms with Gasteiger partial charge in [0.05, 0.1) is 0 Å². The van der Waals surface area contributed by atoms with Gasteiger partial charge in [0.2, 0.25) is 0 Å². The highest BCUT2D eigenvalue weighted by atomic mass is 79.9. The first kappa shape index (κ1) is 11.4. The molecule has 0 radical (unpaired) electrons. The summed E-state index contributed by atoms with van der Waals surface area (Å²) in [5.41, 5.74) is 0.692. The summed E-state index contributed by atoms with van der Waals surface area (Å²) in [5, 5.41) is 3.14. The van der Waals surface area contributed by atoms with Gasteiger partial charge >= 0.3 is 0 Å². The first-order chi connectivity index (χ1) is 6.74. The first-order valence-corrected chi connectivity index (χ1v) is 5.29. The molecule has 0 aliphatic rings. The molecule has 0 atom stereocenters. The lowest BCUT2D eigenvalue weighted by atomic mass is 10.2. The van der Waals surface area contributed by atoms with Crippen LogP contribution >= 0.6 is 15.9 Å². The molecule has 0 amide bonds. The van der Waals surface area contributed by atoms with Gasteiger partial charge in [0.25, 0.3) is 0 Å². The summed E-state index contributed by atoms with van der Waals surface area (Å²) in [5.74, 6) is -0.175. The number of nitrogens with one attached hydrogen (secondary N) is 1. The molecule has 0 aliphatic carbocycles. The molecule has 0 spiro atoms. The van der Waals surface area contributed by atoms with Gasteiger partial charge in [0.15, 0.2) is 0 Å². The highest BCUT2D eigenvalue weighted by molar-refractivity contribution is 9.10. The lowest BCUT2D eigenvalue weighted by Crippen LogP contribution is -2.14. The van der Waals surface area contributed by atoms with Crippen molar-refractivity contribution in [2.45, 2.75) is 13.0 Å². The first-order valence-electron chi connectivity index (χ1n) is 4.49. The van der Waals surface area contributed by atoms with Crippen LogP contribution in [0.4, 0.5) is 4.39 Å². The zero-order valence-electron chi connectivity index (χ0n) is 7.89. The summed E-state index contributed by atoms with van der Waals surface area (Å²) in [7, 11) is 0. The Bertz CT molecular complexity index is 312. The molecule has 1 N–H and O–H groups in total. The van der Waals surface area contributed by atoms with Gasteiger partial charge in [-0.25, -0.2) is 4.39 Å². The monoisotopic (exact) mass is 257 g/mol. The van der Waals surface area contributed by atoms with E-state index in [2.05, 4.69) is 27.8 Å². The topological polar surface area (TPSA) is 12.0 Å². The van der Waals surface area contributed by atoms with Crippen molar-refractivity contribution >= 4 is 15.9 Å². The van der Waals surface area contributed by atoms with Crippen LogP contribution < -0.4 is 5.32 Å². The molecule has 3 heteroatoms. The summed E-state index contributed by atoms with van der Waals surface area (Å²) in [6.07, 6.45) is 2.74. The van der Waals surface area contributed by atoms with Crippen molar-refractivity contribution < 1.29 is 4.39 Å². The molecule has 0 aromatic heterocycles. The lowest BCUT2D eigenvalue weighted by Gasteiger charge is -2.04. The van der Waals surface area contributed by atoms with E-state index >= 15 is 0 Å². The van der Waals surface area contributed by atoms with Crippen LogP contribution in [-0.2, 0) is 6.54 Å². The zero-order chi connectivity index (χ0) is 10.4. The minimum Gasteiger partial charge on any atom is -0.312 e. The number of hydrogen-bond donors (Lipinski definition) is 1. The van der Waals surface area contributed by atoms with Crippen LogP contribution in [0, 0.1) is 5.82 Å². The Morgan fingerprint density at radius 1 is 1.50 bits per heavy atom. The second-order valence-electron chi connectivity index (χ2n) is 2.99. The van der Waals surface area contributed by atoms with Crippen molar-refractivity contribution in [2.75, 3.05) is 6.54 Å². The maximum Gasteiger partial charge on any atom is 0.128 e. The fraction of sp³-hybridized carbons (Fsp3) is 0.273. The number of halogens is 2. The van der Waals surface area contributed by atoms with Crippen LogP contribution in [0.1, 0.15) is 12.0 Å². The molecule has 0 fully saturated rings. The Morgan fingerprint density at radius 2 is 2.29 bits per heavy atom. The minimum absolute atomic E-state index is 0.175. The molecule has 14 heavy (non-hydrogen) atoms. The van der Waals surface area contributed by atoms with Crippen LogP contribution in [0.15, 0.2) is 35.3 Å². The summed E-state index contributed by atoms with van der Waals surface area (Å²) in [6.45, 7) is 5.01. The largest absolute Gasteiger partial charge is 0.312 e. The molecule has 0 aliphatic heterocycles. The molecular formula is C11H13BrFN. The quantitative estimate of drug-likeness (QED) is 0.631. The van der Waals surface area contributed by atoms with Crippen LogP contribution in [0.5, 0.6) is 0 Å². The molecule has 0 saturated carbocycles. The van der Waals surface area contributed by atoms with Crippen molar-refractivity contribution in [3.8, 4) is 0 Å². The van der Waals surface area contributed by atoms with Crippen molar-refractivity contribution in [3.05, 3.63) is 46.7 Å². The van der Waals surface area contributed by atoms with Gasteiger partial charge in [0, 0.05) is 16.6 Å². The summed E-state index contributed by atoms with van der Waals surface area (Å²) < 4.78 is 14.0. The highest BCUT2D eigenvalue weighted by Gasteiger charge is 2.01. The van der Waals surface area contributed by atoms with Crippen LogP contribution in [0.2, 0.25) is 0 Å². The van der Waals surface area contributed by atoms with Crippen molar-refractivity contribution in [1.29, 1.82) is 0 Å². The molecule has 0 saturated heterocycles. The maximum atomic E-state index is 13.3. The SMILES string of the molecule is C=CCCNCc1ccc(Br)cc1F. The second kappa shape index (κ2) is 5.94. The number of benzene rings is 1. The molecular weight excluding hydrogens is 245 g/mol. The molecule has 1 rings (SSSR count). The number of rotatable bonds is 5. The molecule has 1 aromatic carbocycles. The third kappa shape index (κ3) is 3.60. The van der Waals surface area contributed by atoms with Crippen molar-refractivity contribution in [3.63, 3.8) is 0 Å². The van der Waals surface area contributed by atoms with Gasteiger partial charge in [-0.1, -0.05) is 28.1 Å². The lowest BCUT2D eigenvalue weighted by molar-refractivity contribution is 0.589. The molecule has 1 aromatic rings. The average Bonchev–Trinajstić information content (AvgIpc) is 2.15. The Balaban J connectivity index is 2.46. The van der Waals surface area contributed by atoms with E-state index in [9.17, 15) is 4.39 Å². The van der Waals surface area contributed by atoms with Crippen molar-refractivity contribution in [2.24, 2.45) is 0 Å². The Morgan fingerprint density at radius 3 is 2.93 bits per heavy atom. The van der Waals surface area contributed by atoms with Gasteiger partial charge in [0.1, 0.15) is 5.82 Å². The molecule has 0 unspecified atom stereocenters. The fourth-order valence-electron chi connectivity index (χ4n) is 1.09. The van der Waals surface area contributed by atoms with Crippen LogP contribution in [-0.4, -0.2) is 6.54 Å². The average molecular weight is 258 g/mol. The van der Waals surface area contributed by atoms with Crippen LogP contribution in [0.3, 0.4) is 0 Å². The van der Waals surface area contributed by atoms with Gasteiger partial charge < -0.3 is 5.32 Å². The highest BCUT2D eigenvalue weighted by Crippen LogP contribution is 2.14. The van der Waals surface area contributed by atoms with Gasteiger partial charge in [-0.3, -0.25) is 0 Å². The van der Waals surface area contributed by atoms with E-state index < -0.39 is 0 Å². The van der Waals surface area contributed by atoms with Gasteiger partial charge in [-0.2, -0.15) is 0 Å². The van der Waals surface area contributed by atoms with Gasteiger partial charge in [-0.15, -0.1) is 6.58 Å². The normalized spacial score (nSPS) is 10.1. The second-order valence-corrected chi connectivity index (χ2v) is 3.91. The summed E-state index contributed by atoms with van der Waals surface area (Å²) in [4.78, 5) is 0. The Kier molecular flexibility index (Phi) is 4.84. The summed E-state index contributed by atoms with van der Waals surface area (Å²) in [6, 6.07) is 5.10. The minimum atomic E-state index is -0.175. The fourth-order valence-corrected chi connectivity index (χ4v) is 1.43. The molecule has 0 bridgehead atoms. The van der Waals surface area contributed by atoms with Gasteiger partial charge in [-0.05, 0) is 25.1 Å². The van der Waals surface area contributed by atoms with E-state index in [-0.39, 0.29) is 5.82 Å². The van der Waals surface area contributed by atoms with E-state index in [0.717, 1.165) is 17.4 Å². The smallest absolute Gasteiger partial charge is 0.128 e. The predicted octanol–water partition coefficient (Wildman–Crippen LogP) is 3.25. The molecule has 1 nitrogen and oxygen atoms in total. The van der Waals surface area contributed by atoms with E-state index in [1.54, 1.807) is 6.07 Å². The van der Waals surface area contributed by atoms with Crippen LogP contribution in [0.25, 0.3) is 0 Å². The third-order valence-electron chi connectivity index (χ3n) is 1.86. The zero-order valence-corrected chi connectivity index (χ0v) is 9.48. The molecule has 76 valence electrons.